The van der Waals surface area contributed by atoms with Crippen molar-refractivity contribution >= 4 is 21.7 Å². The van der Waals surface area contributed by atoms with Crippen molar-refractivity contribution in [3.8, 4) is 0 Å². The van der Waals surface area contributed by atoms with Crippen molar-refractivity contribution in [3.05, 3.63) is 36.4 Å². The monoisotopic (exact) mass is 281 g/mol. The lowest BCUT2D eigenvalue weighted by Gasteiger charge is -2.17. The predicted octanol–water partition coefficient (Wildman–Crippen LogP) is 1.78. The molecule has 5 nitrogen and oxygen atoms in total. The second-order valence-corrected chi connectivity index (χ2v) is 6.02. The number of amides is 1. The molecule has 102 valence electrons. The molecule has 1 heterocycles. The first kappa shape index (κ1) is 13.8. The molecule has 1 amide bonds. The maximum Gasteiger partial charge on any atom is 0.294 e. The first-order valence-electron chi connectivity index (χ1n) is 5.84. The summed E-state index contributed by atoms with van der Waals surface area (Å²) in [5.74, 6) is -0.00183. The van der Waals surface area contributed by atoms with E-state index in [0.717, 1.165) is 0 Å². The number of carbonyl (C=O) groups is 1. The maximum absolute atomic E-state index is 11.9. The first-order chi connectivity index (χ1) is 8.82. The van der Waals surface area contributed by atoms with E-state index in [0.29, 0.717) is 24.2 Å². The highest BCUT2D eigenvalue weighted by Gasteiger charge is 2.29. The Bertz CT molecular complexity index is 636. The van der Waals surface area contributed by atoms with Crippen LogP contribution in [-0.4, -0.2) is 25.4 Å². The van der Waals surface area contributed by atoms with Crippen molar-refractivity contribution in [2.75, 3.05) is 11.4 Å². The molecular weight excluding hydrogens is 266 g/mol. The second kappa shape index (κ2) is 4.79. The van der Waals surface area contributed by atoms with Gasteiger partial charge in [-0.3, -0.25) is 9.35 Å². The molecule has 0 spiro atoms. The topological polar surface area (TPSA) is 74.7 Å². The van der Waals surface area contributed by atoms with Crippen molar-refractivity contribution in [1.29, 1.82) is 0 Å². The van der Waals surface area contributed by atoms with Gasteiger partial charge in [-0.2, -0.15) is 8.42 Å². The molecule has 6 heteroatoms. The summed E-state index contributed by atoms with van der Waals surface area (Å²) < 4.78 is 31.7. The third-order valence-corrected chi connectivity index (χ3v) is 4.25. The van der Waals surface area contributed by atoms with Crippen LogP contribution in [0.15, 0.2) is 35.7 Å². The predicted molar refractivity (Wildman–Crippen MR) is 71.7 cm³/mol. The van der Waals surface area contributed by atoms with Crippen LogP contribution in [0.25, 0.3) is 0 Å². The van der Waals surface area contributed by atoms with E-state index < -0.39 is 10.1 Å². The van der Waals surface area contributed by atoms with E-state index in [1.807, 2.05) is 0 Å². The molecule has 0 radical (unpaired) electrons. The van der Waals surface area contributed by atoms with Crippen molar-refractivity contribution in [1.82, 2.24) is 0 Å². The van der Waals surface area contributed by atoms with Crippen LogP contribution in [0.2, 0.25) is 0 Å². The number of rotatable bonds is 3. The molecule has 19 heavy (non-hydrogen) atoms. The zero-order valence-electron chi connectivity index (χ0n) is 10.5. The second-order valence-electron chi connectivity index (χ2n) is 4.63. The fraction of sp³-hybridized carbons (Fsp3) is 0.308. The normalized spacial score (nSPS) is 19.8. The number of carbonyl (C=O) groups excluding carboxylic acids is 1. The minimum Gasteiger partial charge on any atom is -0.312 e. The molecule has 0 aromatic heterocycles. The van der Waals surface area contributed by atoms with Crippen LogP contribution in [-0.2, 0) is 14.9 Å². The molecule has 1 aliphatic heterocycles. The van der Waals surface area contributed by atoms with Crippen LogP contribution in [0.3, 0.4) is 0 Å². The lowest BCUT2D eigenvalue weighted by atomic mass is 10.1. The zero-order valence-corrected chi connectivity index (χ0v) is 11.4. The smallest absolute Gasteiger partial charge is 0.294 e. The highest BCUT2D eigenvalue weighted by molar-refractivity contribution is 7.85. The minimum atomic E-state index is -4.28. The van der Waals surface area contributed by atoms with Crippen LogP contribution in [0.1, 0.15) is 12.0 Å². The van der Waals surface area contributed by atoms with Gasteiger partial charge in [-0.15, -0.1) is 6.58 Å². The standard InChI is InChI=1S/C13H15NO4S/c1-3-10-6-13(15)14(8-10)11-5-4-9(2)12(7-11)19(16,17)18/h3-5,7,10H,1,6,8H2,2H3,(H,16,17,18). The highest BCUT2D eigenvalue weighted by Crippen LogP contribution is 2.28. The number of anilines is 1. The van der Waals surface area contributed by atoms with Crippen LogP contribution in [0.4, 0.5) is 5.69 Å². The third-order valence-electron chi connectivity index (χ3n) is 3.25. The first-order valence-corrected chi connectivity index (χ1v) is 7.28. The van der Waals surface area contributed by atoms with Crippen LogP contribution in [0.5, 0.6) is 0 Å². The van der Waals surface area contributed by atoms with Gasteiger partial charge in [0.1, 0.15) is 0 Å². The molecule has 1 atom stereocenters. The summed E-state index contributed by atoms with van der Waals surface area (Å²) in [6.07, 6.45) is 2.09. The minimum absolute atomic E-state index is 0.0722. The van der Waals surface area contributed by atoms with Crippen LogP contribution in [0, 0.1) is 12.8 Å². The van der Waals surface area contributed by atoms with Crippen LogP contribution < -0.4 is 4.90 Å². The number of aryl methyl sites for hydroxylation is 1. The molecule has 0 saturated carbocycles. The van der Waals surface area contributed by atoms with E-state index in [-0.39, 0.29) is 16.7 Å². The van der Waals surface area contributed by atoms with Gasteiger partial charge in [-0.1, -0.05) is 12.1 Å². The molecule has 1 unspecified atom stereocenters. The number of hydrogen-bond donors (Lipinski definition) is 1. The average Bonchev–Trinajstić information content (AvgIpc) is 2.70. The molecule has 1 aromatic rings. The summed E-state index contributed by atoms with van der Waals surface area (Å²) >= 11 is 0. The Balaban J connectivity index is 2.42. The summed E-state index contributed by atoms with van der Waals surface area (Å²) in [5.41, 5.74) is 0.922. The molecule has 1 aliphatic rings. The van der Waals surface area contributed by atoms with Gasteiger partial charge in [0.25, 0.3) is 10.1 Å². The third kappa shape index (κ3) is 2.69. The van der Waals surface area contributed by atoms with Gasteiger partial charge in [0.2, 0.25) is 5.91 Å². The molecule has 1 saturated heterocycles. The summed E-state index contributed by atoms with van der Waals surface area (Å²) in [5, 5.41) is 0. The summed E-state index contributed by atoms with van der Waals surface area (Å²) in [6, 6.07) is 4.58. The number of benzene rings is 1. The number of hydrogen-bond acceptors (Lipinski definition) is 3. The van der Waals surface area contributed by atoms with Gasteiger partial charge in [0.15, 0.2) is 0 Å². The molecule has 1 fully saturated rings. The van der Waals surface area contributed by atoms with E-state index in [1.54, 1.807) is 25.1 Å². The molecule has 1 N–H and O–H groups in total. The maximum atomic E-state index is 11.9. The van der Waals surface area contributed by atoms with Crippen molar-refractivity contribution < 1.29 is 17.8 Å². The van der Waals surface area contributed by atoms with E-state index in [2.05, 4.69) is 6.58 Å². The molecule has 0 aliphatic carbocycles. The highest BCUT2D eigenvalue weighted by atomic mass is 32.2. The summed E-state index contributed by atoms with van der Waals surface area (Å²) in [7, 11) is -4.28. The lowest BCUT2D eigenvalue weighted by molar-refractivity contribution is -0.117. The lowest BCUT2D eigenvalue weighted by Crippen LogP contribution is -2.24. The molecule has 2 rings (SSSR count). The SMILES string of the molecule is C=CC1CC(=O)N(c2ccc(C)c(S(=O)(=O)O)c2)C1. The van der Waals surface area contributed by atoms with Gasteiger partial charge < -0.3 is 4.90 Å². The van der Waals surface area contributed by atoms with Gasteiger partial charge >= 0.3 is 0 Å². The molecule has 1 aromatic carbocycles. The van der Waals surface area contributed by atoms with Crippen molar-refractivity contribution in [2.45, 2.75) is 18.2 Å². The zero-order chi connectivity index (χ0) is 14.2. The largest absolute Gasteiger partial charge is 0.312 e. The molecule has 0 bridgehead atoms. The van der Waals surface area contributed by atoms with Gasteiger partial charge in [-0.25, -0.2) is 0 Å². The van der Waals surface area contributed by atoms with Gasteiger partial charge in [-0.05, 0) is 24.6 Å². The van der Waals surface area contributed by atoms with Crippen molar-refractivity contribution in [2.24, 2.45) is 5.92 Å². The summed E-state index contributed by atoms with van der Waals surface area (Å²) in [4.78, 5) is 13.2. The fourth-order valence-electron chi connectivity index (χ4n) is 2.18. The Morgan fingerprint density at radius 1 is 1.47 bits per heavy atom. The van der Waals surface area contributed by atoms with Crippen LogP contribution >= 0.6 is 0 Å². The van der Waals surface area contributed by atoms with Gasteiger partial charge in [0, 0.05) is 24.6 Å². The Kier molecular flexibility index (Phi) is 3.47. The fourth-order valence-corrected chi connectivity index (χ4v) is 2.92. The quantitative estimate of drug-likeness (QED) is 0.677. The Hall–Kier alpha value is -1.66. The summed E-state index contributed by atoms with van der Waals surface area (Å²) in [6.45, 7) is 5.73. The van der Waals surface area contributed by atoms with E-state index in [1.165, 1.54) is 11.0 Å². The molecular formula is C13H15NO4S. The van der Waals surface area contributed by atoms with Gasteiger partial charge in [0.05, 0.1) is 4.90 Å². The Morgan fingerprint density at radius 3 is 2.68 bits per heavy atom. The van der Waals surface area contributed by atoms with Crippen molar-refractivity contribution in [3.63, 3.8) is 0 Å². The van der Waals surface area contributed by atoms with E-state index >= 15 is 0 Å². The average molecular weight is 281 g/mol. The Labute approximate surface area is 112 Å². The van der Waals surface area contributed by atoms with E-state index in [9.17, 15) is 13.2 Å². The van der Waals surface area contributed by atoms with E-state index in [4.69, 9.17) is 4.55 Å². The Morgan fingerprint density at radius 2 is 2.16 bits per heavy atom. The number of nitrogens with zero attached hydrogens (tertiary/aromatic N) is 1.